The van der Waals surface area contributed by atoms with Crippen molar-refractivity contribution in [1.82, 2.24) is 18.3 Å². The molecular formula is C62H42N4. The first-order chi connectivity index (χ1) is 32.7. The summed E-state index contributed by atoms with van der Waals surface area (Å²) in [7, 11) is 0. The number of aromatic nitrogens is 4. The first-order valence-electron chi connectivity index (χ1n) is 22.9. The Balaban J connectivity index is 0.952. The van der Waals surface area contributed by atoms with Crippen LogP contribution in [0.25, 0.3) is 110 Å². The van der Waals surface area contributed by atoms with Gasteiger partial charge in [0, 0.05) is 54.5 Å². The van der Waals surface area contributed by atoms with Crippen molar-refractivity contribution in [2.45, 2.75) is 13.3 Å². The number of benzene rings is 10. The number of hydrogen-bond acceptors (Lipinski definition) is 0. The molecule has 0 spiro atoms. The lowest BCUT2D eigenvalue weighted by atomic mass is 9.99. The van der Waals surface area contributed by atoms with Crippen molar-refractivity contribution in [1.29, 1.82) is 0 Å². The molecule has 0 N–H and O–H groups in total. The number of para-hydroxylation sites is 7. The monoisotopic (exact) mass is 842 g/mol. The maximum atomic E-state index is 2.49. The van der Waals surface area contributed by atoms with Gasteiger partial charge in [0.15, 0.2) is 0 Å². The molecule has 0 saturated heterocycles. The van der Waals surface area contributed by atoms with Crippen LogP contribution >= 0.6 is 0 Å². The molecule has 14 rings (SSSR count). The molecule has 0 fully saturated rings. The zero-order chi connectivity index (χ0) is 43.5. The fourth-order valence-electron chi connectivity index (χ4n) is 11.3. The molecule has 66 heavy (non-hydrogen) atoms. The van der Waals surface area contributed by atoms with E-state index in [0.29, 0.717) is 0 Å². The molecule has 14 aromatic rings. The molecule has 10 aromatic carbocycles. The number of rotatable bonds is 6. The first kappa shape index (κ1) is 36.8. The van der Waals surface area contributed by atoms with Gasteiger partial charge in [-0.15, -0.1) is 0 Å². The van der Waals surface area contributed by atoms with Gasteiger partial charge >= 0.3 is 0 Å². The van der Waals surface area contributed by atoms with E-state index in [-0.39, 0.29) is 0 Å². The largest absolute Gasteiger partial charge is 0.309 e. The number of nitrogens with zero attached hydrogens (tertiary/aromatic N) is 4. The molecule has 0 aliphatic heterocycles. The van der Waals surface area contributed by atoms with E-state index in [1.165, 1.54) is 115 Å². The summed E-state index contributed by atoms with van der Waals surface area (Å²) in [5, 5.41) is 10.1. The van der Waals surface area contributed by atoms with Gasteiger partial charge in [-0.2, -0.15) is 0 Å². The lowest BCUT2D eigenvalue weighted by Crippen LogP contribution is -2.06. The summed E-state index contributed by atoms with van der Waals surface area (Å²) in [6.07, 6.45) is 0.761. The summed E-state index contributed by atoms with van der Waals surface area (Å²) >= 11 is 0. The summed E-state index contributed by atoms with van der Waals surface area (Å²) in [5.41, 5.74) is 18.1. The molecule has 0 amide bonds. The Morgan fingerprint density at radius 3 is 1.00 bits per heavy atom. The fraction of sp³-hybridized carbons (Fsp3) is 0.0323. The molecule has 4 nitrogen and oxygen atoms in total. The lowest BCUT2D eigenvalue weighted by molar-refractivity contribution is 1.06. The highest BCUT2D eigenvalue weighted by Crippen LogP contribution is 2.40. The Kier molecular flexibility index (Phi) is 7.93. The molecule has 0 radical (unpaired) electrons. The van der Waals surface area contributed by atoms with Gasteiger partial charge in [0.2, 0.25) is 0 Å². The zero-order valence-electron chi connectivity index (χ0n) is 36.4. The van der Waals surface area contributed by atoms with Crippen LogP contribution in [0.2, 0.25) is 0 Å². The molecule has 4 aromatic heterocycles. The van der Waals surface area contributed by atoms with E-state index in [4.69, 9.17) is 0 Å². The van der Waals surface area contributed by atoms with Crippen LogP contribution < -0.4 is 0 Å². The standard InChI is InChI=1S/C62H42N4/c1-40-61(65-56-29-12-4-21-47(56)48-22-5-13-30-57(48)65)37-42(38-62(40)66-58-31-14-6-23-49(58)50-24-7-15-32-59(50)66)35-41-17-16-18-43(36-41)63-55-28-11-8-25-51(55)52-39-44(33-34-60(52)63)64-53-26-9-2-19-45(53)46-20-3-10-27-54(46)64/h2-34,36-39H,35H2,1H3. The molecule has 310 valence electrons. The molecule has 0 aliphatic carbocycles. The highest BCUT2D eigenvalue weighted by molar-refractivity contribution is 6.13. The Labute approximate surface area is 381 Å². The van der Waals surface area contributed by atoms with Crippen LogP contribution in [0.5, 0.6) is 0 Å². The van der Waals surface area contributed by atoms with Crippen LogP contribution in [-0.4, -0.2) is 18.3 Å². The molecule has 0 bridgehead atoms. The van der Waals surface area contributed by atoms with Crippen LogP contribution in [0, 0.1) is 6.92 Å². The first-order valence-corrected chi connectivity index (χ1v) is 22.9. The average molecular weight is 843 g/mol. The van der Waals surface area contributed by atoms with Crippen molar-refractivity contribution in [2.75, 3.05) is 0 Å². The van der Waals surface area contributed by atoms with Crippen LogP contribution in [0.4, 0.5) is 0 Å². The van der Waals surface area contributed by atoms with E-state index in [1.807, 2.05) is 0 Å². The van der Waals surface area contributed by atoms with Crippen molar-refractivity contribution < 1.29 is 0 Å². The predicted molar refractivity (Wildman–Crippen MR) is 278 cm³/mol. The minimum atomic E-state index is 0.761. The Bertz CT molecular complexity index is 3990. The molecule has 0 saturated carbocycles. The van der Waals surface area contributed by atoms with Crippen LogP contribution in [0.1, 0.15) is 16.7 Å². The Hall–Kier alpha value is -8.60. The van der Waals surface area contributed by atoms with Crippen molar-refractivity contribution in [3.63, 3.8) is 0 Å². The second-order valence-electron chi connectivity index (χ2n) is 17.8. The highest BCUT2D eigenvalue weighted by atomic mass is 15.0. The van der Waals surface area contributed by atoms with E-state index >= 15 is 0 Å². The smallest absolute Gasteiger partial charge is 0.0542 e. The minimum Gasteiger partial charge on any atom is -0.309 e. The zero-order valence-corrected chi connectivity index (χ0v) is 36.4. The Morgan fingerprint density at radius 2 is 0.591 bits per heavy atom. The molecule has 0 atom stereocenters. The molecule has 0 unspecified atom stereocenters. The summed E-state index contributed by atoms with van der Waals surface area (Å²) in [4.78, 5) is 0. The van der Waals surface area contributed by atoms with Crippen LogP contribution in [0.15, 0.2) is 224 Å². The van der Waals surface area contributed by atoms with E-state index in [0.717, 1.165) is 17.8 Å². The third kappa shape index (κ3) is 5.33. The maximum Gasteiger partial charge on any atom is 0.0542 e. The quantitative estimate of drug-likeness (QED) is 0.159. The maximum absolute atomic E-state index is 2.49. The van der Waals surface area contributed by atoms with Crippen molar-refractivity contribution in [2.24, 2.45) is 0 Å². The van der Waals surface area contributed by atoms with E-state index in [9.17, 15) is 0 Å². The van der Waals surface area contributed by atoms with E-state index in [2.05, 4.69) is 250 Å². The second kappa shape index (κ2) is 14.2. The van der Waals surface area contributed by atoms with Gasteiger partial charge in [-0.3, -0.25) is 0 Å². The van der Waals surface area contributed by atoms with Gasteiger partial charge in [0.1, 0.15) is 0 Å². The molecular weight excluding hydrogens is 801 g/mol. The SMILES string of the molecule is Cc1c(-n2c3ccccc3c3ccccc32)cc(Cc2cccc(-n3c4ccccc4c4cc(-n5c6ccccc6c6ccccc65)ccc43)c2)cc1-n1c2ccccc2c2ccccc21. The summed E-state index contributed by atoms with van der Waals surface area (Å²) in [6, 6.07) is 82.8. The van der Waals surface area contributed by atoms with Crippen molar-refractivity contribution in [3.05, 3.63) is 241 Å². The molecule has 0 aliphatic rings. The third-order valence-electron chi connectivity index (χ3n) is 14.1. The number of hydrogen-bond donors (Lipinski definition) is 0. The van der Waals surface area contributed by atoms with Crippen molar-refractivity contribution in [3.8, 4) is 22.7 Å². The summed E-state index contributed by atoms with van der Waals surface area (Å²) < 4.78 is 9.84. The number of fused-ring (bicyclic) bond motifs is 12. The van der Waals surface area contributed by atoms with Gasteiger partial charge < -0.3 is 18.3 Å². The van der Waals surface area contributed by atoms with Gasteiger partial charge in [-0.1, -0.05) is 140 Å². The van der Waals surface area contributed by atoms with Gasteiger partial charge in [-0.25, -0.2) is 0 Å². The predicted octanol–water partition coefficient (Wildman–Crippen LogP) is 16.0. The normalized spacial score (nSPS) is 12.1. The third-order valence-corrected chi connectivity index (χ3v) is 14.1. The Morgan fingerprint density at radius 1 is 0.258 bits per heavy atom. The topological polar surface area (TPSA) is 19.7 Å². The second-order valence-corrected chi connectivity index (χ2v) is 17.8. The summed E-state index contributed by atoms with van der Waals surface area (Å²) in [6.45, 7) is 2.30. The van der Waals surface area contributed by atoms with Gasteiger partial charge in [0.25, 0.3) is 0 Å². The van der Waals surface area contributed by atoms with Crippen LogP contribution in [0.3, 0.4) is 0 Å². The van der Waals surface area contributed by atoms with Gasteiger partial charge in [-0.05, 0) is 115 Å². The lowest BCUT2D eigenvalue weighted by Gasteiger charge is -2.20. The van der Waals surface area contributed by atoms with E-state index < -0.39 is 0 Å². The van der Waals surface area contributed by atoms with E-state index in [1.54, 1.807) is 0 Å². The van der Waals surface area contributed by atoms with Gasteiger partial charge in [0.05, 0.1) is 55.5 Å². The highest BCUT2D eigenvalue weighted by Gasteiger charge is 2.21. The summed E-state index contributed by atoms with van der Waals surface area (Å²) in [5.74, 6) is 0. The van der Waals surface area contributed by atoms with Crippen LogP contribution in [-0.2, 0) is 6.42 Å². The minimum absolute atomic E-state index is 0.761. The average Bonchev–Trinajstić information content (AvgIpc) is 4.10. The molecule has 4 heteroatoms. The fourth-order valence-corrected chi connectivity index (χ4v) is 11.3. The van der Waals surface area contributed by atoms with Crippen molar-refractivity contribution >= 4 is 87.2 Å². The molecule has 4 heterocycles.